The van der Waals surface area contributed by atoms with E-state index in [0.29, 0.717) is 11.3 Å². The smallest absolute Gasteiger partial charge is 0.326 e. The van der Waals surface area contributed by atoms with E-state index < -0.39 is 54.0 Å². The third-order valence-electron chi connectivity index (χ3n) is 6.39. The largest absolute Gasteiger partial charge is 0.480 e. The van der Waals surface area contributed by atoms with Crippen LogP contribution in [0.4, 0.5) is 0 Å². The summed E-state index contributed by atoms with van der Waals surface area (Å²) < 4.78 is 0. The van der Waals surface area contributed by atoms with E-state index in [1.165, 1.54) is 19.4 Å². The number of aromatic nitrogens is 3. The van der Waals surface area contributed by atoms with Gasteiger partial charge in [-0.1, -0.05) is 32.0 Å². The SMILES string of the molecule is CC(C)C(NC(=O)C(N)C(C)O)C(=O)NC(Cc1cnc[nH]1)C(=O)NC(Cc1c[nH]c2ccccc12)C(=O)O. The molecule has 3 rings (SSSR count). The summed E-state index contributed by atoms with van der Waals surface area (Å²) in [7, 11) is 0. The average Bonchev–Trinajstić information content (AvgIpc) is 3.55. The number of imidazole rings is 1. The molecular formula is C26H35N7O6. The third-order valence-corrected chi connectivity index (χ3v) is 6.39. The lowest BCUT2D eigenvalue weighted by molar-refractivity contribution is -0.142. The Labute approximate surface area is 225 Å². The zero-order chi connectivity index (χ0) is 28.7. The maximum atomic E-state index is 13.4. The molecule has 0 aliphatic carbocycles. The fraction of sp³-hybridized carbons (Fsp3) is 0.423. The number of aliphatic carboxylic acids is 1. The highest BCUT2D eigenvalue weighted by Gasteiger charge is 2.33. The maximum absolute atomic E-state index is 13.4. The number of carbonyl (C=O) groups excluding carboxylic acids is 3. The highest BCUT2D eigenvalue weighted by atomic mass is 16.4. The van der Waals surface area contributed by atoms with Crippen LogP contribution >= 0.6 is 0 Å². The minimum Gasteiger partial charge on any atom is -0.480 e. The van der Waals surface area contributed by atoms with E-state index in [2.05, 4.69) is 30.9 Å². The maximum Gasteiger partial charge on any atom is 0.326 e. The molecule has 2 aromatic heterocycles. The van der Waals surface area contributed by atoms with Crippen molar-refractivity contribution in [3.8, 4) is 0 Å². The number of benzene rings is 1. The van der Waals surface area contributed by atoms with Gasteiger partial charge in [0.1, 0.15) is 24.2 Å². The Morgan fingerprint density at radius 3 is 2.26 bits per heavy atom. The molecule has 2 heterocycles. The van der Waals surface area contributed by atoms with Crippen LogP contribution in [0.15, 0.2) is 43.0 Å². The molecule has 5 unspecified atom stereocenters. The first-order chi connectivity index (χ1) is 18.5. The number of nitrogens with zero attached hydrogens (tertiary/aromatic N) is 1. The molecule has 0 radical (unpaired) electrons. The van der Waals surface area contributed by atoms with Crippen molar-refractivity contribution in [1.29, 1.82) is 0 Å². The van der Waals surface area contributed by atoms with Gasteiger partial charge in [-0.15, -0.1) is 0 Å². The van der Waals surface area contributed by atoms with Gasteiger partial charge in [0.25, 0.3) is 0 Å². The van der Waals surface area contributed by atoms with E-state index >= 15 is 0 Å². The third kappa shape index (κ3) is 7.65. The van der Waals surface area contributed by atoms with Crippen LogP contribution in [0.1, 0.15) is 32.0 Å². The molecule has 0 saturated carbocycles. The van der Waals surface area contributed by atoms with Crippen molar-refractivity contribution in [1.82, 2.24) is 30.9 Å². The summed E-state index contributed by atoms with van der Waals surface area (Å²) in [5.41, 5.74) is 7.77. The fourth-order valence-electron chi connectivity index (χ4n) is 4.08. The number of H-pyrrole nitrogens is 2. The zero-order valence-corrected chi connectivity index (χ0v) is 22.0. The van der Waals surface area contributed by atoms with Crippen molar-refractivity contribution < 1.29 is 29.4 Å². The van der Waals surface area contributed by atoms with E-state index in [0.717, 1.165) is 10.9 Å². The van der Waals surface area contributed by atoms with Crippen LogP contribution in [0, 0.1) is 5.92 Å². The van der Waals surface area contributed by atoms with Gasteiger partial charge >= 0.3 is 5.97 Å². The van der Waals surface area contributed by atoms with Crippen molar-refractivity contribution in [2.24, 2.45) is 11.7 Å². The van der Waals surface area contributed by atoms with Crippen LogP contribution in [-0.4, -0.2) is 79.1 Å². The Balaban J connectivity index is 1.78. The van der Waals surface area contributed by atoms with Gasteiger partial charge in [-0.3, -0.25) is 14.4 Å². The molecule has 3 aromatic rings. The minimum absolute atomic E-state index is 0.0110. The van der Waals surface area contributed by atoms with Crippen molar-refractivity contribution in [2.75, 3.05) is 0 Å². The summed E-state index contributed by atoms with van der Waals surface area (Å²) in [4.78, 5) is 60.9. The second kappa shape index (κ2) is 13.0. The van der Waals surface area contributed by atoms with Crippen LogP contribution in [-0.2, 0) is 32.0 Å². The minimum atomic E-state index is -1.28. The number of aliphatic hydroxyl groups excluding tert-OH is 1. The standard InChI is InChI=1S/C26H35N7O6/c1-13(2)22(33-24(36)21(27)14(3)34)25(37)31-19(9-16-11-28-12-30-16)23(35)32-20(26(38)39)8-15-10-29-18-7-5-4-6-17(15)18/h4-7,10-14,19-22,29,34H,8-9,27H2,1-3H3,(H,28,30)(H,31,37)(H,32,35)(H,33,36)(H,38,39). The number of aliphatic hydroxyl groups is 1. The number of fused-ring (bicyclic) bond motifs is 1. The lowest BCUT2D eigenvalue weighted by atomic mass is 10.0. The van der Waals surface area contributed by atoms with Gasteiger partial charge in [0.2, 0.25) is 17.7 Å². The Morgan fingerprint density at radius 2 is 1.64 bits per heavy atom. The van der Waals surface area contributed by atoms with Crippen molar-refractivity contribution in [2.45, 2.75) is 63.9 Å². The lowest BCUT2D eigenvalue weighted by Gasteiger charge is -2.27. The van der Waals surface area contributed by atoms with Gasteiger partial charge in [-0.05, 0) is 24.5 Å². The van der Waals surface area contributed by atoms with Crippen LogP contribution in [0.2, 0.25) is 0 Å². The molecule has 0 fully saturated rings. The van der Waals surface area contributed by atoms with Crippen LogP contribution in [0.5, 0.6) is 0 Å². The Morgan fingerprint density at radius 1 is 0.949 bits per heavy atom. The molecule has 0 aliphatic rings. The Kier molecular flexibility index (Phi) is 9.79. The van der Waals surface area contributed by atoms with Gasteiger partial charge in [-0.2, -0.15) is 0 Å². The van der Waals surface area contributed by atoms with Gasteiger partial charge in [-0.25, -0.2) is 9.78 Å². The topological polar surface area (TPSA) is 215 Å². The normalized spacial score (nSPS) is 15.2. The number of nitrogens with one attached hydrogen (secondary N) is 5. The van der Waals surface area contributed by atoms with Crippen molar-refractivity contribution in [3.63, 3.8) is 0 Å². The van der Waals surface area contributed by atoms with Crippen LogP contribution in [0.25, 0.3) is 10.9 Å². The molecule has 39 heavy (non-hydrogen) atoms. The number of carboxylic acid groups (broad SMARTS) is 1. The molecule has 210 valence electrons. The molecule has 1 aromatic carbocycles. The number of amides is 3. The van der Waals surface area contributed by atoms with Crippen molar-refractivity contribution in [3.05, 3.63) is 54.2 Å². The summed E-state index contributed by atoms with van der Waals surface area (Å²) in [6, 6.07) is 2.63. The molecule has 3 amide bonds. The summed E-state index contributed by atoms with van der Waals surface area (Å²) in [6.07, 6.45) is 3.46. The number of para-hydroxylation sites is 1. The molecule has 0 spiro atoms. The molecule has 9 N–H and O–H groups in total. The molecule has 5 atom stereocenters. The quantitative estimate of drug-likeness (QED) is 0.142. The molecule has 0 bridgehead atoms. The predicted molar refractivity (Wildman–Crippen MR) is 142 cm³/mol. The second-order valence-corrected chi connectivity index (χ2v) is 9.80. The van der Waals surface area contributed by atoms with Gasteiger partial charge in [0.15, 0.2) is 0 Å². The summed E-state index contributed by atoms with van der Waals surface area (Å²) in [5, 5.41) is 28.0. The number of aromatic amines is 2. The van der Waals surface area contributed by atoms with Crippen molar-refractivity contribution >= 4 is 34.6 Å². The summed E-state index contributed by atoms with van der Waals surface area (Å²) >= 11 is 0. The zero-order valence-electron chi connectivity index (χ0n) is 22.0. The molecule has 0 aliphatic heterocycles. The Bertz CT molecular complexity index is 1290. The predicted octanol–water partition coefficient (Wildman–Crippen LogP) is -0.421. The molecule has 13 heteroatoms. The number of nitrogens with two attached hydrogens (primary N) is 1. The van der Waals surface area contributed by atoms with E-state index in [1.807, 2.05) is 24.3 Å². The second-order valence-electron chi connectivity index (χ2n) is 9.80. The molecular weight excluding hydrogens is 506 g/mol. The summed E-state index contributed by atoms with van der Waals surface area (Å²) in [5.74, 6) is -3.74. The highest BCUT2D eigenvalue weighted by molar-refractivity contribution is 5.94. The first kappa shape index (κ1) is 29.3. The number of carbonyl (C=O) groups is 4. The Hall–Kier alpha value is -4.23. The fourth-order valence-corrected chi connectivity index (χ4v) is 4.08. The first-order valence-electron chi connectivity index (χ1n) is 12.6. The highest BCUT2D eigenvalue weighted by Crippen LogP contribution is 2.19. The van der Waals surface area contributed by atoms with Crippen LogP contribution < -0.4 is 21.7 Å². The van der Waals surface area contributed by atoms with Gasteiger partial charge in [0.05, 0.1) is 12.4 Å². The number of rotatable bonds is 13. The van der Waals surface area contributed by atoms with Gasteiger partial charge < -0.3 is 41.9 Å². The van der Waals surface area contributed by atoms with E-state index in [9.17, 15) is 29.4 Å². The van der Waals surface area contributed by atoms with E-state index in [-0.39, 0.29) is 18.8 Å². The number of hydrogen-bond donors (Lipinski definition) is 8. The lowest BCUT2D eigenvalue weighted by Crippen LogP contribution is -2.59. The molecule has 13 nitrogen and oxygen atoms in total. The van der Waals surface area contributed by atoms with E-state index in [4.69, 9.17) is 5.73 Å². The monoisotopic (exact) mass is 541 g/mol. The average molecular weight is 542 g/mol. The summed E-state index contributed by atoms with van der Waals surface area (Å²) in [6.45, 7) is 4.75. The first-order valence-corrected chi connectivity index (χ1v) is 12.6. The van der Waals surface area contributed by atoms with Crippen LogP contribution in [0.3, 0.4) is 0 Å². The van der Waals surface area contributed by atoms with E-state index in [1.54, 1.807) is 20.0 Å². The molecule has 0 saturated heterocycles. The number of hydrogen-bond acceptors (Lipinski definition) is 7. The van der Waals surface area contributed by atoms with Gasteiger partial charge in [0, 0.05) is 41.8 Å². The number of carboxylic acids is 1.